The molecule has 1 N–H and O–H groups in total. The molecule has 4 unspecified atom stereocenters. The van der Waals surface area contributed by atoms with E-state index in [0.717, 1.165) is 13.2 Å². The number of rotatable bonds is 3. The predicted octanol–water partition coefficient (Wildman–Crippen LogP) is 1.87. The van der Waals surface area contributed by atoms with Gasteiger partial charge in [0.25, 0.3) is 0 Å². The van der Waals surface area contributed by atoms with Crippen LogP contribution in [0.3, 0.4) is 0 Å². The fourth-order valence-corrected chi connectivity index (χ4v) is 3.23. The van der Waals surface area contributed by atoms with Crippen LogP contribution in [-0.2, 0) is 4.74 Å². The molecule has 2 aliphatic rings. The fourth-order valence-electron chi connectivity index (χ4n) is 3.23. The average Bonchev–Trinajstić information content (AvgIpc) is 2.74. The lowest BCUT2D eigenvalue weighted by molar-refractivity contribution is 0.0241. The Morgan fingerprint density at radius 1 is 1.41 bits per heavy atom. The third kappa shape index (κ3) is 2.83. The first-order valence-electron chi connectivity index (χ1n) is 7.24. The number of hydrogen-bond acceptors (Lipinski definition) is 3. The molecular weight excluding hydrogens is 212 g/mol. The van der Waals surface area contributed by atoms with Crippen molar-refractivity contribution in [3.05, 3.63) is 0 Å². The van der Waals surface area contributed by atoms with Gasteiger partial charge in [0, 0.05) is 37.8 Å². The molecule has 17 heavy (non-hydrogen) atoms. The molecule has 2 saturated heterocycles. The number of piperazine rings is 1. The molecule has 2 aliphatic heterocycles. The van der Waals surface area contributed by atoms with Gasteiger partial charge in [-0.2, -0.15) is 0 Å². The summed E-state index contributed by atoms with van der Waals surface area (Å²) in [5.41, 5.74) is 0. The molecule has 3 nitrogen and oxygen atoms in total. The number of nitrogens with one attached hydrogen (secondary N) is 1. The molecule has 0 aromatic carbocycles. The van der Waals surface area contributed by atoms with E-state index in [1.54, 1.807) is 0 Å². The molecule has 0 aliphatic carbocycles. The molecule has 0 bridgehead atoms. The van der Waals surface area contributed by atoms with E-state index < -0.39 is 0 Å². The molecule has 0 aromatic heterocycles. The number of nitrogens with zero attached hydrogens (tertiary/aromatic N) is 1. The Balaban J connectivity index is 2.04. The fraction of sp³-hybridized carbons (Fsp3) is 1.00. The van der Waals surface area contributed by atoms with E-state index in [9.17, 15) is 0 Å². The van der Waals surface area contributed by atoms with Gasteiger partial charge in [0.2, 0.25) is 0 Å². The van der Waals surface area contributed by atoms with Crippen molar-refractivity contribution >= 4 is 0 Å². The Morgan fingerprint density at radius 3 is 2.71 bits per heavy atom. The highest BCUT2D eigenvalue weighted by Crippen LogP contribution is 2.25. The van der Waals surface area contributed by atoms with Crippen LogP contribution in [0.2, 0.25) is 0 Å². The molecule has 2 rings (SSSR count). The zero-order valence-corrected chi connectivity index (χ0v) is 11.8. The largest absolute Gasteiger partial charge is 0.377 e. The highest BCUT2D eigenvalue weighted by Gasteiger charge is 2.37. The summed E-state index contributed by atoms with van der Waals surface area (Å²) in [6.07, 6.45) is 2.86. The van der Waals surface area contributed by atoms with Crippen LogP contribution < -0.4 is 5.32 Å². The number of ether oxygens (including phenoxy) is 1. The minimum absolute atomic E-state index is 0.412. The van der Waals surface area contributed by atoms with Gasteiger partial charge in [0.15, 0.2) is 0 Å². The van der Waals surface area contributed by atoms with Crippen molar-refractivity contribution in [2.24, 2.45) is 5.92 Å². The maximum atomic E-state index is 5.75. The van der Waals surface area contributed by atoms with Crippen molar-refractivity contribution in [1.82, 2.24) is 10.2 Å². The molecule has 0 spiro atoms. The normalized spacial score (nSPS) is 40.1. The van der Waals surface area contributed by atoms with Crippen molar-refractivity contribution < 1.29 is 4.74 Å². The maximum absolute atomic E-state index is 5.75. The summed E-state index contributed by atoms with van der Waals surface area (Å²) in [4.78, 5) is 2.72. The minimum atomic E-state index is 0.412. The molecule has 0 saturated carbocycles. The highest BCUT2D eigenvalue weighted by molar-refractivity contribution is 4.93. The maximum Gasteiger partial charge on any atom is 0.0703 e. The van der Waals surface area contributed by atoms with Gasteiger partial charge in [-0.1, -0.05) is 20.8 Å². The number of hydrogen-bond donors (Lipinski definition) is 1. The summed E-state index contributed by atoms with van der Waals surface area (Å²) in [6.45, 7) is 12.4. The van der Waals surface area contributed by atoms with Gasteiger partial charge in [-0.15, -0.1) is 0 Å². The zero-order chi connectivity index (χ0) is 12.4. The van der Waals surface area contributed by atoms with Gasteiger partial charge < -0.3 is 10.1 Å². The lowest BCUT2D eigenvalue weighted by Gasteiger charge is -2.45. The summed E-state index contributed by atoms with van der Waals surface area (Å²) in [5, 5.41) is 3.71. The highest BCUT2D eigenvalue weighted by atomic mass is 16.5. The van der Waals surface area contributed by atoms with Crippen molar-refractivity contribution in [3.8, 4) is 0 Å². The van der Waals surface area contributed by atoms with Crippen molar-refractivity contribution in [2.75, 3.05) is 19.7 Å². The Morgan fingerprint density at radius 2 is 2.18 bits per heavy atom. The standard InChI is InChI=1S/C14H28N2O/c1-5-12-8-15-13(10(2)3)9-16(12)14-6-7-17-11(14)4/h10-15H,5-9H2,1-4H3. The Bertz CT molecular complexity index is 244. The molecule has 0 radical (unpaired) electrons. The Hall–Kier alpha value is -0.120. The monoisotopic (exact) mass is 240 g/mol. The van der Waals surface area contributed by atoms with Gasteiger partial charge in [-0.3, -0.25) is 4.90 Å². The minimum Gasteiger partial charge on any atom is -0.377 e. The van der Waals surface area contributed by atoms with E-state index in [-0.39, 0.29) is 0 Å². The topological polar surface area (TPSA) is 24.5 Å². The molecule has 2 fully saturated rings. The molecule has 3 heteroatoms. The van der Waals surface area contributed by atoms with Crippen molar-refractivity contribution in [2.45, 2.75) is 64.8 Å². The van der Waals surface area contributed by atoms with E-state index >= 15 is 0 Å². The van der Waals surface area contributed by atoms with E-state index in [1.165, 1.54) is 19.4 Å². The first-order valence-corrected chi connectivity index (χ1v) is 7.24. The second-order valence-electron chi connectivity index (χ2n) is 5.95. The summed E-state index contributed by atoms with van der Waals surface area (Å²) in [7, 11) is 0. The zero-order valence-electron chi connectivity index (χ0n) is 11.8. The van der Waals surface area contributed by atoms with Crippen LogP contribution in [0.25, 0.3) is 0 Å². The van der Waals surface area contributed by atoms with Crippen molar-refractivity contribution in [1.29, 1.82) is 0 Å². The summed E-state index contributed by atoms with van der Waals surface area (Å²) >= 11 is 0. The van der Waals surface area contributed by atoms with Crippen LogP contribution in [0.4, 0.5) is 0 Å². The molecule has 2 heterocycles. The van der Waals surface area contributed by atoms with Gasteiger partial charge >= 0.3 is 0 Å². The van der Waals surface area contributed by atoms with Gasteiger partial charge in [-0.25, -0.2) is 0 Å². The van der Waals surface area contributed by atoms with Crippen LogP contribution in [0, 0.1) is 5.92 Å². The lowest BCUT2D eigenvalue weighted by atomic mass is 9.95. The smallest absolute Gasteiger partial charge is 0.0703 e. The van der Waals surface area contributed by atoms with Crippen LogP contribution >= 0.6 is 0 Å². The Labute approximate surface area is 106 Å². The second kappa shape index (κ2) is 5.68. The first kappa shape index (κ1) is 13.3. The van der Waals surface area contributed by atoms with E-state index in [1.807, 2.05) is 0 Å². The molecule has 4 atom stereocenters. The molecule has 100 valence electrons. The second-order valence-corrected chi connectivity index (χ2v) is 5.95. The lowest BCUT2D eigenvalue weighted by Crippen LogP contribution is -2.61. The quantitative estimate of drug-likeness (QED) is 0.815. The van der Waals surface area contributed by atoms with Crippen LogP contribution in [-0.4, -0.2) is 48.8 Å². The average molecular weight is 240 g/mol. The third-order valence-corrected chi connectivity index (χ3v) is 4.53. The molecule has 0 amide bonds. The molecule has 0 aromatic rings. The summed E-state index contributed by atoms with van der Waals surface area (Å²) in [5.74, 6) is 0.716. The van der Waals surface area contributed by atoms with E-state index in [0.29, 0.717) is 30.1 Å². The predicted molar refractivity (Wildman–Crippen MR) is 71.2 cm³/mol. The van der Waals surface area contributed by atoms with Crippen LogP contribution in [0.1, 0.15) is 40.5 Å². The third-order valence-electron chi connectivity index (χ3n) is 4.53. The first-order chi connectivity index (χ1) is 8.13. The van der Waals surface area contributed by atoms with Gasteiger partial charge in [0.05, 0.1) is 6.10 Å². The summed E-state index contributed by atoms with van der Waals surface area (Å²) < 4.78 is 5.75. The van der Waals surface area contributed by atoms with Crippen molar-refractivity contribution in [3.63, 3.8) is 0 Å². The van der Waals surface area contributed by atoms with Gasteiger partial charge in [-0.05, 0) is 25.7 Å². The van der Waals surface area contributed by atoms with E-state index in [4.69, 9.17) is 4.74 Å². The van der Waals surface area contributed by atoms with Crippen LogP contribution in [0.5, 0.6) is 0 Å². The Kier molecular flexibility index (Phi) is 4.45. The molecular formula is C14H28N2O. The van der Waals surface area contributed by atoms with Crippen LogP contribution in [0.15, 0.2) is 0 Å². The SMILES string of the molecule is CCC1CNC(C(C)C)CN1C1CCOC1C. The van der Waals surface area contributed by atoms with E-state index in [2.05, 4.69) is 37.9 Å². The summed E-state index contributed by atoms with van der Waals surface area (Å²) in [6, 6.07) is 1.98. The van der Waals surface area contributed by atoms with Gasteiger partial charge in [0.1, 0.15) is 0 Å².